The summed E-state index contributed by atoms with van der Waals surface area (Å²) < 4.78 is 14.9. The second kappa shape index (κ2) is 11.2. The molecule has 0 aliphatic carbocycles. The number of carbonyl (C=O) groups excluding carboxylic acids is 1. The number of nitrogens with zero attached hydrogens (tertiary/aromatic N) is 3. The highest BCUT2D eigenvalue weighted by molar-refractivity contribution is 5.77. The summed E-state index contributed by atoms with van der Waals surface area (Å²) in [5.41, 5.74) is 0.161. The van der Waals surface area contributed by atoms with Gasteiger partial charge >= 0.3 is 0 Å². The number of ether oxygens (including phenoxy) is 3. The number of hydrogen-bond acceptors (Lipinski definition) is 7. The summed E-state index contributed by atoms with van der Waals surface area (Å²) in [6.45, 7) is 8.57. The molecule has 3 rings (SSSR count). The molecule has 8 heteroatoms. The minimum atomic E-state index is -0.0226. The fraction of sp³-hybridized carbons (Fsp3) is 0.944. The molecule has 0 atom stereocenters. The smallest absolute Gasteiger partial charge is 0.246 e. The fourth-order valence-electron chi connectivity index (χ4n) is 3.21. The Morgan fingerprint density at radius 3 is 1.81 bits per heavy atom. The summed E-state index contributed by atoms with van der Waals surface area (Å²) in [4.78, 5) is 17.5. The second-order valence-corrected chi connectivity index (χ2v) is 7.82. The van der Waals surface area contributed by atoms with Crippen molar-refractivity contribution >= 4 is 5.91 Å². The van der Waals surface area contributed by atoms with Crippen molar-refractivity contribution < 1.29 is 19.0 Å². The Morgan fingerprint density at radius 2 is 1.54 bits per heavy atom. The van der Waals surface area contributed by atoms with Crippen LogP contribution in [0.3, 0.4) is 0 Å². The van der Waals surface area contributed by atoms with E-state index in [1.807, 2.05) is 7.05 Å². The highest BCUT2D eigenvalue weighted by atomic mass is 16.5. The zero-order valence-corrected chi connectivity index (χ0v) is 17.6. The van der Waals surface area contributed by atoms with Crippen molar-refractivity contribution in [2.75, 3.05) is 88.3 Å². The molecule has 1 N–H and O–H groups in total. The molecule has 0 unspecified atom stereocenters. The van der Waals surface area contributed by atoms with Crippen LogP contribution in [0.2, 0.25) is 0 Å². The summed E-state index contributed by atoms with van der Waals surface area (Å²) in [6.07, 6.45) is 0.519. The zero-order chi connectivity index (χ0) is 19.7. The van der Waals surface area contributed by atoms with E-state index in [0.29, 0.717) is 12.1 Å². The molecule has 0 spiro atoms. The number of methoxy groups -OCH3 is 3. The van der Waals surface area contributed by atoms with Gasteiger partial charge in [-0.05, 0) is 28.1 Å². The van der Waals surface area contributed by atoms with Crippen LogP contribution in [0.15, 0.2) is 0 Å². The normalized spacial score (nSPS) is 23.3. The van der Waals surface area contributed by atoms with Crippen LogP contribution in [-0.2, 0) is 19.0 Å². The van der Waals surface area contributed by atoms with E-state index in [0.717, 1.165) is 39.3 Å². The maximum atomic E-state index is 10.9. The van der Waals surface area contributed by atoms with Gasteiger partial charge in [-0.25, -0.2) is 0 Å². The van der Waals surface area contributed by atoms with E-state index in [9.17, 15) is 4.79 Å². The number of carbonyl (C=O) groups is 1. The average Bonchev–Trinajstić information content (AvgIpc) is 2.50. The third-order valence-corrected chi connectivity index (χ3v) is 4.77. The molecular weight excluding hydrogens is 336 g/mol. The SMILES string of the molecule is COC1(C)CN(C)C1.COC1CN(C)C1.COCC(=O)NC1CN(C)C1. The first-order valence-electron chi connectivity index (χ1n) is 9.13. The quantitative estimate of drug-likeness (QED) is 0.686. The van der Waals surface area contributed by atoms with Gasteiger partial charge in [0.25, 0.3) is 0 Å². The number of rotatable bonds is 5. The number of nitrogens with one attached hydrogen (secondary N) is 1. The molecule has 3 aliphatic heterocycles. The first-order chi connectivity index (χ1) is 12.2. The molecule has 0 saturated carbocycles. The highest BCUT2D eigenvalue weighted by Crippen LogP contribution is 2.20. The molecule has 3 saturated heterocycles. The van der Waals surface area contributed by atoms with Crippen molar-refractivity contribution in [3.8, 4) is 0 Å². The van der Waals surface area contributed by atoms with E-state index in [-0.39, 0.29) is 18.1 Å². The van der Waals surface area contributed by atoms with E-state index < -0.39 is 0 Å². The van der Waals surface area contributed by atoms with Gasteiger partial charge in [0.05, 0.1) is 17.7 Å². The molecule has 154 valence electrons. The summed E-state index contributed by atoms with van der Waals surface area (Å²) in [5.74, 6) is -0.0226. The van der Waals surface area contributed by atoms with Crippen LogP contribution in [0, 0.1) is 0 Å². The van der Waals surface area contributed by atoms with Gasteiger partial charge in [0.2, 0.25) is 5.91 Å². The lowest BCUT2D eigenvalue weighted by Crippen LogP contribution is -2.58. The lowest BCUT2D eigenvalue weighted by molar-refractivity contribution is -0.126. The maximum Gasteiger partial charge on any atom is 0.246 e. The number of hydrogen-bond donors (Lipinski definition) is 1. The van der Waals surface area contributed by atoms with Crippen LogP contribution in [0.4, 0.5) is 0 Å². The third kappa shape index (κ3) is 8.28. The van der Waals surface area contributed by atoms with Crippen molar-refractivity contribution in [1.29, 1.82) is 0 Å². The van der Waals surface area contributed by atoms with Crippen molar-refractivity contribution in [1.82, 2.24) is 20.0 Å². The molecular formula is C18H38N4O4. The van der Waals surface area contributed by atoms with Crippen LogP contribution < -0.4 is 5.32 Å². The standard InChI is InChI=1S/C7H14N2O2.C6H13NO.C5H11NO/c1-9-3-6(4-9)8-7(10)5-11-2;1-6(8-3)4-7(2)5-6;1-6-3-5(4-6)7-2/h6H,3-5H2,1-2H3,(H,8,10);4-5H2,1-3H3;5H,3-4H2,1-2H3. The molecule has 3 fully saturated rings. The van der Waals surface area contributed by atoms with Crippen LogP contribution in [-0.4, -0.2) is 127 Å². The lowest BCUT2D eigenvalue weighted by atomic mass is 9.98. The highest BCUT2D eigenvalue weighted by Gasteiger charge is 2.35. The average molecular weight is 375 g/mol. The Kier molecular flexibility index (Phi) is 9.99. The molecule has 0 bridgehead atoms. The molecule has 1 amide bonds. The van der Waals surface area contributed by atoms with Gasteiger partial charge in [-0.2, -0.15) is 0 Å². The van der Waals surface area contributed by atoms with Crippen molar-refractivity contribution in [3.05, 3.63) is 0 Å². The largest absolute Gasteiger partial charge is 0.379 e. The van der Waals surface area contributed by atoms with Crippen molar-refractivity contribution in [2.24, 2.45) is 0 Å². The summed E-state index contributed by atoms with van der Waals surface area (Å²) in [7, 11) is 11.3. The van der Waals surface area contributed by atoms with Crippen LogP contribution in [0.25, 0.3) is 0 Å². The Bertz CT molecular complexity index is 406. The van der Waals surface area contributed by atoms with Crippen LogP contribution >= 0.6 is 0 Å². The molecule has 0 aromatic rings. The van der Waals surface area contributed by atoms with Gasteiger partial charge in [-0.15, -0.1) is 0 Å². The van der Waals surface area contributed by atoms with E-state index in [1.165, 1.54) is 7.11 Å². The van der Waals surface area contributed by atoms with Gasteiger partial charge < -0.3 is 34.2 Å². The zero-order valence-electron chi connectivity index (χ0n) is 17.6. The summed E-state index contributed by atoms with van der Waals surface area (Å²) in [6, 6.07) is 0.336. The minimum Gasteiger partial charge on any atom is -0.379 e. The molecule has 8 nitrogen and oxygen atoms in total. The predicted molar refractivity (Wildman–Crippen MR) is 103 cm³/mol. The van der Waals surface area contributed by atoms with E-state index in [4.69, 9.17) is 9.47 Å². The summed E-state index contributed by atoms with van der Waals surface area (Å²) in [5, 5.41) is 2.84. The molecule has 0 radical (unpaired) electrons. The van der Waals surface area contributed by atoms with Gasteiger partial charge in [-0.1, -0.05) is 0 Å². The number of amides is 1. The predicted octanol–water partition coefficient (Wildman–Crippen LogP) is -0.653. The topological polar surface area (TPSA) is 66.5 Å². The molecule has 26 heavy (non-hydrogen) atoms. The molecule has 0 aromatic carbocycles. The second-order valence-electron chi connectivity index (χ2n) is 7.82. The first kappa shape index (κ1) is 23.3. The minimum absolute atomic E-state index is 0.0226. The number of likely N-dealkylation sites (tertiary alicyclic amines) is 3. The van der Waals surface area contributed by atoms with Gasteiger partial charge in [0.1, 0.15) is 6.61 Å². The number of likely N-dealkylation sites (N-methyl/N-ethyl adjacent to an activating group) is 3. The Balaban J connectivity index is 0.000000201. The fourth-order valence-corrected chi connectivity index (χ4v) is 3.21. The van der Waals surface area contributed by atoms with E-state index in [2.05, 4.69) is 45.8 Å². The summed E-state index contributed by atoms with van der Waals surface area (Å²) >= 11 is 0. The van der Waals surface area contributed by atoms with Crippen molar-refractivity contribution in [3.63, 3.8) is 0 Å². The molecule has 0 aromatic heterocycles. The Morgan fingerprint density at radius 1 is 1.00 bits per heavy atom. The van der Waals surface area contributed by atoms with E-state index >= 15 is 0 Å². The third-order valence-electron chi connectivity index (χ3n) is 4.77. The Labute approximate surface area is 158 Å². The van der Waals surface area contributed by atoms with Crippen molar-refractivity contribution in [2.45, 2.75) is 24.7 Å². The first-order valence-corrected chi connectivity index (χ1v) is 9.13. The maximum absolute atomic E-state index is 10.9. The Hall–Kier alpha value is -0.770. The molecule has 3 aliphatic rings. The van der Waals surface area contributed by atoms with E-state index in [1.54, 1.807) is 14.2 Å². The van der Waals surface area contributed by atoms with Gasteiger partial charge in [0.15, 0.2) is 0 Å². The van der Waals surface area contributed by atoms with Gasteiger partial charge in [-0.3, -0.25) is 4.79 Å². The monoisotopic (exact) mass is 374 g/mol. The van der Waals surface area contributed by atoms with Crippen LogP contribution in [0.1, 0.15) is 6.92 Å². The molecule has 3 heterocycles. The van der Waals surface area contributed by atoms with Crippen LogP contribution in [0.5, 0.6) is 0 Å². The lowest BCUT2D eigenvalue weighted by Gasteiger charge is -2.44. The van der Waals surface area contributed by atoms with Gasteiger partial charge in [0, 0.05) is 60.6 Å².